The third-order valence-electron chi connectivity index (χ3n) is 4.62. The highest BCUT2D eigenvalue weighted by Crippen LogP contribution is 2.47. The Hall–Kier alpha value is -1.55. The lowest BCUT2D eigenvalue weighted by Crippen LogP contribution is -2.66. The number of hydrogen-bond acceptors (Lipinski definition) is 7. The minimum Gasteiger partial charge on any atom is -0.394 e. The molecule has 3 unspecified atom stereocenters. The number of carbonyl (C=O) groups excluding carboxylic acids is 1. The second kappa shape index (κ2) is 7.14. The standard InChI is InChI=1S/C16H22N2O6/c19-7-11-13(20)14(21)12(16(23)24-11)17-18-15(22)10-6-9(10)8-4-2-1-3-5-8/h1-5,9-14,16-17,19-21,23H,6-7H2,(H,18,22)/t9?,10?,11-,12-,13-,14-,16?/m1/s1. The molecule has 24 heavy (non-hydrogen) atoms. The van der Waals surface area contributed by atoms with Crippen molar-refractivity contribution in [3.8, 4) is 0 Å². The first-order valence-corrected chi connectivity index (χ1v) is 7.93. The fourth-order valence-electron chi connectivity index (χ4n) is 3.05. The van der Waals surface area contributed by atoms with Crippen molar-refractivity contribution in [2.24, 2.45) is 5.92 Å². The smallest absolute Gasteiger partial charge is 0.237 e. The molecule has 7 atom stereocenters. The lowest BCUT2D eigenvalue weighted by Gasteiger charge is -2.40. The van der Waals surface area contributed by atoms with E-state index in [0.717, 1.165) is 12.0 Å². The molecule has 1 aromatic rings. The van der Waals surface area contributed by atoms with Crippen molar-refractivity contribution < 1.29 is 30.0 Å². The molecule has 1 aliphatic heterocycles. The van der Waals surface area contributed by atoms with E-state index in [1.165, 1.54) is 0 Å². The number of amides is 1. The third kappa shape index (κ3) is 3.44. The van der Waals surface area contributed by atoms with Gasteiger partial charge < -0.3 is 25.2 Å². The van der Waals surface area contributed by atoms with Gasteiger partial charge in [-0.1, -0.05) is 30.3 Å². The first-order valence-electron chi connectivity index (χ1n) is 7.93. The van der Waals surface area contributed by atoms with Crippen molar-refractivity contribution in [2.75, 3.05) is 6.61 Å². The second-order valence-electron chi connectivity index (χ2n) is 6.25. The molecule has 1 heterocycles. The van der Waals surface area contributed by atoms with E-state index in [9.17, 15) is 20.1 Å². The van der Waals surface area contributed by atoms with Gasteiger partial charge in [-0.25, -0.2) is 5.43 Å². The zero-order valence-electron chi connectivity index (χ0n) is 12.9. The Morgan fingerprint density at radius 2 is 1.88 bits per heavy atom. The summed E-state index contributed by atoms with van der Waals surface area (Å²) in [5.41, 5.74) is 6.09. The molecule has 6 N–H and O–H groups in total. The van der Waals surface area contributed by atoms with Crippen LogP contribution in [-0.2, 0) is 9.53 Å². The van der Waals surface area contributed by atoms with Crippen LogP contribution >= 0.6 is 0 Å². The maximum atomic E-state index is 12.2. The Labute approximate surface area is 139 Å². The molecule has 2 aliphatic rings. The number of benzene rings is 1. The molecular formula is C16H22N2O6. The normalized spacial score (nSPS) is 38.6. The van der Waals surface area contributed by atoms with Gasteiger partial charge in [-0.15, -0.1) is 0 Å². The quantitative estimate of drug-likeness (QED) is 0.350. The van der Waals surface area contributed by atoms with Crippen LogP contribution in [0.2, 0.25) is 0 Å². The van der Waals surface area contributed by atoms with Crippen molar-refractivity contribution >= 4 is 5.91 Å². The van der Waals surface area contributed by atoms with E-state index in [4.69, 9.17) is 9.84 Å². The summed E-state index contributed by atoms with van der Waals surface area (Å²) < 4.78 is 5.01. The van der Waals surface area contributed by atoms with Crippen molar-refractivity contribution in [3.05, 3.63) is 35.9 Å². The molecule has 132 valence electrons. The Morgan fingerprint density at radius 3 is 2.54 bits per heavy atom. The van der Waals surface area contributed by atoms with Gasteiger partial charge in [0.1, 0.15) is 24.4 Å². The first-order chi connectivity index (χ1) is 11.5. The molecule has 1 saturated carbocycles. The summed E-state index contributed by atoms with van der Waals surface area (Å²) in [6.07, 6.45) is -4.57. The monoisotopic (exact) mass is 338 g/mol. The number of nitrogens with one attached hydrogen (secondary N) is 2. The average Bonchev–Trinajstić information content (AvgIpc) is 3.39. The minimum absolute atomic E-state index is 0.162. The van der Waals surface area contributed by atoms with Gasteiger partial charge in [-0.3, -0.25) is 10.2 Å². The second-order valence-corrected chi connectivity index (χ2v) is 6.25. The van der Waals surface area contributed by atoms with E-state index in [1.807, 2.05) is 30.3 Å². The molecule has 1 amide bonds. The van der Waals surface area contributed by atoms with Crippen LogP contribution in [0.25, 0.3) is 0 Å². The van der Waals surface area contributed by atoms with Gasteiger partial charge in [-0.2, -0.15) is 0 Å². The van der Waals surface area contributed by atoms with E-state index in [-0.39, 0.29) is 17.7 Å². The molecule has 8 heteroatoms. The fourth-order valence-corrected chi connectivity index (χ4v) is 3.05. The number of carbonyl (C=O) groups is 1. The van der Waals surface area contributed by atoms with Gasteiger partial charge in [0, 0.05) is 5.92 Å². The lowest BCUT2D eigenvalue weighted by atomic mass is 9.98. The molecule has 0 radical (unpaired) electrons. The van der Waals surface area contributed by atoms with E-state index in [1.54, 1.807) is 0 Å². The molecular weight excluding hydrogens is 316 g/mol. The van der Waals surface area contributed by atoms with Gasteiger partial charge in [0.25, 0.3) is 0 Å². The van der Waals surface area contributed by atoms with Crippen molar-refractivity contribution in [1.82, 2.24) is 10.9 Å². The van der Waals surface area contributed by atoms with Gasteiger partial charge in [0.15, 0.2) is 6.29 Å². The molecule has 1 aliphatic carbocycles. The van der Waals surface area contributed by atoms with Gasteiger partial charge in [0.05, 0.1) is 6.61 Å². The summed E-state index contributed by atoms with van der Waals surface area (Å²) in [7, 11) is 0. The summed E-state index contributed by atoms with van der Waals surface area (Å²) in [6.45, 7) is -0.533. The Bertz CT molecular complexity index is 571. The predicted molar refractivity (Wildman–Crippen MR) is 82.3 cm³/mol. The molecule has 3 rings (SSSR count). The molecule has 2 fully saturated rings. The van der Waals surface area contributed by atoms with Crippen LogP contribution in [0.3, 0.4) is 0 Å². The Morgan fingerprint density at radius 1 is 1.17 bits per heavy atom. The van der Waals surface area contributed by atoms with E-state index in [0.29, 0.717) is 0 Å². The summed E-state index contributed by atoms with van der Waals surface area (Å²) in [4.78, 5) is 12.2. The summed E-state index contributed by atoms with van der Waals surface area (Å²) in [6, 6.07) is 8.61. The first kappa shape index (κ1) is 17.3. The van der Waals surface area contributed by atoms with Gasteiger partial charge >= 0.3 is 0 Å². The van der Waals surface area contributed by atoms with Crippen LogP contribution in [0.1, 0.15) is 17.9 Å². The summed E-state index contributed by atoms with van der Waals surface area (Å²) in [5.74, 6) is -0.259. The summed E-state index contributed by atoms with van der Waals surface area (Å²) >= 11 is 0. The van der Waals surface area contributed by atoms with E-state index >= 15 is 0 Å². The van der Waals surface area contributed by atoms with Crippen LogP contribution in [0, 0.1) is 5.92 Å². The number of rotatable bonds is 5. The number of hydrazine groups is 1. The maximum absolute atomic E-state index is 12.2. The number of aliphatic hydroxyl groups excluding tert-OH is 4. The van der Waals surface area contributed by atoms with Gasteiger partial charge in [0.2, 0.25) is 5.91 Å². The molecule has 8 nitrogen and oxygen atoms in total. The highest BCUT2D eigenvalue weighted by molar-refractivity contribution is 5.82. The van der Waals surface area contributed by atoms with Gasteiger partial charge in [-0.05, 0) is 17.9 Å². The third-order valence-corrected chi connectivity index (χ3v) is 4.62. The van der Waals surface area contributed by atoms with Crippen LogP contribution < -0.4 is 10.9 Å². The van der Waals surface area contributed by atoms with Crippen molar-refractivity contribution in [2.45, 2.75) is 43.0 Å². The number of aliphatic hydroxyl groups is 4. The highest BCUT2D eigenvalue weighted by Gasteiger charge is 2.46. The molecule has 0 bridgehead atoms. The molecule has 0 spiro atoms. The zero-order chi connectivity index (χ0) is 17.3. The van der Waals surface area contributed by atoms with E-state index < -0.39 is 37.3 Å². The summed E-state index contributed by atoms with van der Waals surface area (Å²) in [5, 5.41) is 38.7. The van der Waals surface area contributed by atoms with Crippen molar-refractivity contribution in [3.63, 3.8) is 0 Å². The Balaban J connectivity index is 1.52. The van der Waals surface area contributed by atoms with Crippen LogP contribution in [0.5, 0.6) is 0 Å². The number of ether oxygens (including phenoxy) is 1. The SMILES string of the molecule is O=C(NN[C@H]1C(O)O[C@H](CO)[C@@H](O)[C@@H]1O)C1CC1c1ccccc1. The van der Waals surface area contributed by atoms with E-state index in [2.05, 4.69) is 10.9 Å². The van der Waals surface area contributed by atoms with Crippen LogP contribution in [-0.4, -0.2) is 63.6 Å². The average molecular weight is 338 g/mol. The molecule has 1 aromatic carbocycles. The minimum atomic E-state index is -1.47. The van der Waals surface area contributed by atoms with Crippen LogP contribution in [0.4, 0.5) is 0 Å². The molecule has 1 saturated heterocycles. The highest BCUT2D eigenvalue weighted by atomic mass is 16.6. The lowest BCUT2D eigenvalue weighted by molar-refractivity contribution is -0.255. The largest absolute Gasteiger partial charge is 0.394 e. The van der Waals surface area contributed by atoms with Crippen LogP contribution in [0.15, 0.2) is 30.3 Å². The zero-order valence-corrected chi connectivity index (χ0v) is 12.9. The number of hydrogen-bond donors (Lipinski definition) is 6. The Kier molecular flexibility index (Phi) is 5.14. The topological polar surface area (TPSA) is 131 Å². The maximum Gasteiger partial charge on any atom is 0.237 e. The molecule has 0 aromatic heterocycles. The predicted octanol–water partition coefficient (Wildman–Crippen LogP) is -1.79. The fraction of sp³-hybridized carbons (Fsp3) is 0.562. The van der Waals surface area contributed by atoms with Crippen molar-refractivity contribution in [1.29, 1.82) is 0 Å².